The Kier molecular flexibility index (Phi) is 4.39. The second-order valence-corrected chi connectivity index (χ2v) is 4.67. The van der Waals surface area contributed by atoms with Crippen molar-refractivity contribution in [3.05, 3.63) is 40.4 Å². The summed E-state index contributed by atoms with van der Waals surface area (Å²) in [4.78, 5) is 0. The lowest BCUT2D eigenvalue weighted by molar-refractivity contribution is 0.945. The van der Waals surface area contributed by atoms with Crippen LogP contribution in [0.5, 0.6) is 0 Å². The van der Waals surface area contributed by atoms with Crippen LogP contribution in [0.4, 0.5) is 5.82 Å². The van der Waals surface area contributed by atoms with E-state index in [0.29, 0.717) is 10.0 Å². The van der Waals surface area contributed by atoms with E-state index in [0.717, 1.165) is 30.0 Å². The van der Waals surface area contributed by atoms with Crippen LogP contribution in [0, 0.1) is 0 Å². The maximum atomic E-state index is 5.97. The van der Waals surface area contributed by atoms with Crippen molar-refractivity contribution < 1.29 is 0 Å². The minimum absolute atomic E-state index is 0.518. The highest BCUT2D eigenvalue weighted by Gasteiger charge is 2.04. The molecule has 1 N–H and O–H groups in total. The molecule has 0 amide bonds. The summed E-state index contributed by atoms with van der Waals surface area (Å²) in [5, 5.41) is 12.5. The molecule has 0 aliphatic heterocycles. The first-order valence-electron chi connectivity index (χ1n) is 5.73. The highest BCUT2D eigenvalue weighted by Crippen LogP contribution is 2.27. The third-order valence-corrected chi connectivity index (χ3v) is 3.18. The number of anilines is 1. The molecule has 0 saturated heterocycles. The van der Waals surface area contributed by atoms with Gasteiger partial charge in [0.15, 0.2) is 0 Å². The molecule has 1 heterocycles. The van der Waals surface area contributed by atoms with Crippen molar-refractivity contribution in [3.8, 4) is 11.3 Å². The smallest absolute Gasteiger partial charge is 0.148 e. The van der Waals surface area contributed by atoms with E-state index in [-0.39, 0.29) is 0 Å². The minimum Gasteiger partial charge on any atom is -0.369 e. The summed E-state index contributed by atoms with van der Waals surface area (Å²) in [6, 6.07) is 9.22. The predicted octanol–water partition coefficient (Wildman–Crippen LogP) is 4.27. The molecule has 5 heteroatoms. The number of hydrogen-bond donors (Lipinski definition) is 1. The maximum Gasteiger partial charge on any atom is 0.148 e. The molecule has 0 radical (unpaired) electrons. The molecule has 2 rings (SSSR count). The standard InChI is InChI=1S/C13H13Cl2N3/c1-2-7-16-13-6-5-12(17-18-13)9-3-4-10(14)11(15)8-9/h3-6,8H,2,7H2,1H3,(H,16,18). The van der Waals surface area contributed by atoms with Gasteiger partial charge in [-0.2, -0.15) is 0 Å². The van der Waals surface area contributed by atoms with Gasteiger partial charge in [-0.1, -0.05) is 36.2 Å². The fourth-order valence-electron chi connectivity index (χ4n) is 1.49. The molecule has 0 saturated carbocycles. The number of hydrogen-bond acceptors (Lipinski definition) is 3. The van der Waals surface area contributed by atoms with Gasteiger partial charge in [-0.3, -0.25) is 0 Å². The molecule has 1 aromatic carbocycles. The monoisotopic (exact) mass is 281 g/mol. The Bertz CT molecular complexity index is 526. The average Bonchev–Trinajstić information content (AvgIpc) is 2.40. The molecular formula is C13H13Cl2N3. The molecule has 0 aliphatic rings. The number of aromatic nitrogens is 2. The fraction of sp³-hybridized carbons (Fsp3) is 0.231. The average molecular weight is 282 g/mol. The zero-order valence-corrected chi connectivity index (χ0v) is 11.5. The van der Waals surface area contributed by atoms with E-state index in [1.165, 1.54) is 0 Å². The van der Waals surface area contributed by atoms with Gasteiger partial charge < -0.3 is 5.32 Å². The predicted molar refractivity (Wildman–Crippen MR) is 76.3 cm³/mol. The van der Waals surface area contributed by atoms with Crippen LogP contribution < -0.4 is 5.32 Å². The lowest BCUT2D eigenvalue weighted by atomic mass is 10.1. The summed E-state index contributed by atoms with van der Waals surface area (Å²) in [6.45, 7) is 2.99. The number of nitrogens with one attached hydrogen (secondary N) is 1. The van der Waals surface area contributed by atoms with E-state index in [2.05, 4.69) is 22.4 Å². The molecule has 3 nitrogen and oxygen atoms in total. The quantitative estimate of drug-likeness (QED) is 0.909. The minimum atomic E-state index is 0.518. The van der Waals surface area contributed by atoms with Crippen molar-refractivity contribution in [1.82, 2.24) is 10.2 Å². The first-order valence-corrected chi connectivity index (χ1v) is 6.49. The van der Waals surface area contributed by atoms with Crippen molar-refractivity contribution in [1.29, 1.82) is 0 Å². The Morgan fingerprint density at radius 1 is 1.06 bits per heavy atom. The van der Waals surface area contributed by atoms with Crippen molar-refractivity contribution in [2.75, 3.05) is 11.9 Å². The second kappa shape index (κ2) is 6.03. The summed E-state index contributed by atoms with van der Waals surface area (Å²) in [7, 11) is 0. The van der Waals surface area contributed by atoms with Gasteiger partial charge in [-0.25, -0.2) is 0 Å². The topological polar surface area (TPSA) is 37.8 Å². The molecule has 0 spiro atoms. The van der Waals surface area contributed by atoms with Gasteiger partial charge in [0.25, 0.3) is 0 Å². The van der Waals surface area contributed by atoms with Crippen molar-refractivity contribution in [2.45, 2.75) is 13.3 Å². The molecule has 0 atom stereocenters. The third kappa shape index (κ3) is 3.12. The highest BCUT2D eigenvalue weighted by molar-refractivity contribution is 6.42. The van der Waals surface area contributed by atoms with E-state index in [4.69, 9.17) is 23.2 Å². The zero-order valence-electron chi connectivity index (χ0n) is 9.95. The molecule has 0 aliphatic carbocycles. The normalized spacial score (nSPS) is 10.4. The van der Waals surface area contributed by atoms with Crippen LogP contribution in [-0.2, 0) is 0 Å². The van der Waals surface area contributed by atoms with Crippen molar-refractivity contribution in [2.24, 2.45) is 0 Å². The lowest BCUT2D eigenvalue weighted by Gasteiger charge is -2.05. The molecule has 0 bridgehead atoms. The van der Waals surface area contributed by atoms with E-state index in [9.17, 15) is 0 Å². The molecule has 0 unspecified atom stereocenters. The molecule has 2 aromatic rings. The zero-order chi connectivity index (χ0) is 13.0. The highest BCUT2D eigenvalue weighted by atomic mass is 35.5. The number of rotatable bonds is 4. The van der Waals surface area contributed by atoms with Crippen molar-refractivity contribution >= 4 is 29.0 Å². The van der Waals surface area contributed by atoms with Crippen LogP contribution >= 0.6 is 23.2 Å². The Morgan fingerprint density at radius 2 is 1.89 bits per heavy atom. The van der Waals surface area contributed by atoms with Gasteiger partial charge >= 0.3 is 0 Å². The van der Waals surface area contributed by atoms with Gasteiger partial charge in [0.1, 0.15) is 5.82 Å². The first-order chi connectivity index (χ1) is 8.70. The first kappa shape index (κ1) is 13.1. The summed E-state index contributed by atoms with van der Waals surface area (Å²) < 4.78 is 0. The second-order valence-electron chi connectivity index (χ2n) is 3.86. The summed E-state index contributed by atoms with van der Waals surface area (Å²) in [5.74, 6) is 0.778. The number of halogens is 2. The van der Waals surface area contributed by atoms with Gasteiger partial charge in [-0.05, 0) is 30.7 Å². The summed E-state index contributed by atoms with van der Waals surface area (Å²) >= 11 is 11.8. The largest absolute Gasteiger partial charge is 0.369 e. The van der Waals surface area contributed by atoms with Crippen LogP contribution in [0.3, 0.4) is 0 Å². The van der Waals surface area contributed by atoms with Crippen LogP contribution in [-0.4, -0.2) is 16.7 Å². The summed E-state index contributed by atoms with van der Waals surface area (Å²) in [5.41, 5.74) is 1.68. The number of nitrogens with zero attached hydrogens (tertiary/aromatic N) is 2. The molecule has 0 fully saturated rings. The maximum absolute atomic E-state index is 5.97. The van der Waals surface area contributed by atoms with E-state index >= 15 is 0 Å². The van der Waals surface area contributed by atoms with Gasteiger partial charge in [0.2, 0.25) is 0 Å². The van der Waals surface area contributed by atoms with Gasteiger partial charge in [0, 0.05) is 12.1 Å². The SMILES string of the molecule is CCCNc1ccc(-c2ccc(Cl)c(Cl)c2)nn1. The number of benzene rings is 1. The van der Waals surface area contributed by atoms with Crippen molar-refractivity contribution in [3.63, 3.8) is 0 Å². The Labute approximate surface area is 116 Å². The van der Waals surface area contributed by atoms with Crippen LogP contribution in [0.25, 0.3) is 11.3 Å². The van der Waals surface area contributed by atoms with E-state index < -0.39 is 0 Å². The van der Waals surface area contributed by atoms with E-state index in [1.807, 2.05) is 18.2 Å². The van der Waals surface area contributed by atoms with Crippen LogP contribution in [0.1, 0.15) is 13.3 Å². The Morgan fingerprint density at radius 3 is 2.50 bits per heavy atom. The Balaban J connectivity index is 2.20. The van der Waals surface area contributed by atoms with Gasteiger partial charge in [-0.15, -0.1) is 10.2 Å². The molecule has 94 valence electrons. The van der Waals surface area contributed by atoms with Gasteiger partial charge in [0.05, 0.1) is 15.7 Å². The van der Waals surface area contributed by atoms with E-state index in [1.54, 1.807) is 12.1 Å². The third-order valence-electron chi connectivity index (χ3n) is 2.44. The Hall–Kier alpha value is -1.32. The summed E-state index contributed by atoms with van der Waals surface area (Å²) in [6.07, 6.45) is 1.05. The van der Waals surface area contributed by atoms with Crippen LogP contribution in [0.15, 0.2) is 30.3 Å². The fourth-order valence-corrected chi connectivity index (χ4v) is 1.79. The molecule has 18 heavy (non-hydrogen) atoms. The molecular weight excluding hydrogens is 269 g/mol. The van der Waals surface area contributed by atoms with Crippen LogP contribution in [0.2, 0.25) is 10.0 Å². The molecule has 1 aromatic heterocycles. The lowest BCUT2D eigenvalue weighted by Crippen LogP contribution is -2.02.